The molecule has 2 heterocycles. The molecule has 0 spiro atoms. The van der Waals surface area contributed by atoms with Gasteiger partial charge in [0.2, 0.25) is 5.88 Å². The third-order valence-electron chi connectivity index (χ3n) is 5.54. The standard InChI is InChI=1S/C24H28F4N2O2/c1-14(2)32-21-9-8-19-20(30-21)11-17(29-19)12-23(31,24(26,27)28)13-22(4,5)18-10-16(25)7-6-15(18)3/h6-11,14,29,31H,12-13H2,1-5H3. The lowest BCUT2D eigenvalue weighted by Crippen LogP contribution is -2.51. The topological polar surface area (TPSA) is 58.1 Å². The van der Waals surface area contributed by atoms with E-state index in [0.29, 0.717) is 28.0 Å². The molecule has 4 nitrogen and oxygen atoms in total. The molecule has 0 saturated carbocycles. The summed E-state index contributed by atoms with van der Waals surface area (Å²) in [5.74, 6) is -0.165. The molecule has 174 valence electrons. The lowest BCUT2D eigenvalue weighted by Gasteiger charge is -2.38. The first-order valence-corrected chi connectivity index (χ1v) is 10.4. The molecule has 0 aliphatic carbocycles. The second-order valence-electron chi connectivity index (χ2n) is 9.27. The molecular formula is C24H28F4N2O2. The van der Waals surface area contributed by atoms with Gasteiger partial charge in [0.05, 0.1) is 17.1 Å². The van der Waals surface area contributed by atoms with Crippen LogP contribution >= 0.6 is 0 Å². The number of halogens is 4. The summed E-state index contributed by atoms with van der Waals surface area (Å²) >= 11 is 0. The minimum atomic E-state index is -4.90. The average Bonchev–Trinajstić information content (AvgIpc) is 3.02. The van der Waals surface area contributed by atoms with E-state index >= 15 is 0 Å². The van der Waals surface area contributed by atoms with Gasteiger partial charge in [-0.25, -0.2) is 9.37 Å². The van der Waals surface area contributed by atoms with Gasteiger partial charge in [0, 0.05) is 18.2 Å². The van der Waals surface area contributed by atoms with E-state index in [2.05, 4.69) is 9.97 Å². The number of alkyl halides is 3. The van der Waals surface area contributed by atoms with Crippen LogP contribution in [0.5, 0.6) is 5.88 Å². The zero-order valence-electron chi connectivity index (χ0n) is 18.8. The molecule has 0 bridgehead atoms. The quantitative estimate of drug-likeness (QED) is 0.432. The number of fused-ring (bicyclic) bond motifs is 1. The number of benzene rings is 1. The normalized spacial score (nSPS) is 14.7. The Hall–Kier alpha value is -2.61. The van der Waals surface area contributed by atoms with Crippen molar-refractivity contribution in [3.05, 3.63) is 59.0 Å². The van der Waals surface area contributed by atoms with Gasteiger partial charge >= 0.3 is 6.18 Å². The third-order valence-corrected chi connectivity index (χ3v) is 5.54. The predicted octanol–water partition coefficient (Wildman–Crippen LogP) is 6.00. The SMILES string of the molecule is Cc1ccc(F)cc1C(C)(C)CC(O)(Cc1cc2nc(OC(C)C)ccc2[nH]1)C(F)(F)F. The van der Waals surface area contributed by atoms with E-state index in [-0.39, 0.29) is 11.8 Å². The lowest BCUT2D eigenvalue weighted by atomic mass is 9.72. The van der Waals surface area contributed by atoms with Crippen molar-refractivity contribution < 1.29 is 27.4 Å². The molecule has 0 aliphatic heterocycles. The van der Waals surface area contributed by atoms with Gasteiger partial charge in [-0.3, -0.25) is 0 Å². The van der Waals surface area contributed by atoms with Gasteiger partial charge in [-0.1, -0.05) is 19.9 Å². The van der Waals surface area contributed by atoms with Crippen molar-refractivity contribution in [3.8, 4) is 5.88 Å². The van der Waals surface area contributed by atoms with Crippen LogP contribution in [-0.2, 0) is 11.8 Å². The highest BCUT2D eigenvalue weighted by Gasteiger charge is 2.56. The van der Waals surface area contributed by atoms with Crippen LogP contribution in [0.25, 0.3) is 11.0 Å². The maximum atomic E-state index is 14.1. The molecule has 0 saturated heterocycles. The second-order valence-corrected chi connectivity index (χ2v) is 9.27. The van der Waals surface area contributed by atoms with Crippen LogP contribution in [0.3, 0.4) is 0 Å². The fourth-order valence-corrected chi connectivity index (χ4v) is 4.18. The van der Waals surface area contributed by atoms with Gasteiger partial charge in [0.25, 0.3) is 0 Å². The molecule has 0 fully saturated rings. The van der Waals surface area contributed by atoms with E-state index in [9.17, 15) is 22.7 Å². The monoisotopic (exact) mass is 452 g/mol. The molecular weight excluding hydrogens is 424 g/mol. The minimum Gasteiger partial charge on any atom is -0.475 e. The first-order chi connectivity index (χ1) is 14.7. The molecule has 32 heavy (non-hydrogen) atoms. The Morgan fingerprint density at radius 2 is 1.78 bits per heavy atom. The fraction of sp³-hybridized carbons (Fsp3) is 0.458. The van der Waals surface area contributed by atoms with Crippen LogP contribution in [0.1, 0.15) is 50.9 Å². The summed E-state index contributed by atoms with van der Waals surface area (Å²) in [4.78, 5) is 7.23. The first kappa shape index (κ1) is 24.0. The summed E-state index contributed by atoms with van der Waals surface area (Å²) in [5, 5.41) is 10.9. The number of aryl methyl sites for hydroxylation is 1. The number of pyridine rings is 1. The van der Waals surface area contributed by atoms with Gasteiger partial charge < -0.3 is 14.8 Å². The highest BCUT2D eigenvalue weighted by molar-refractivity contribution is 5.76. The second kappa shape index (κ2) is 8.39. The average molecular weight is 452 g/mol. The number of rotatable bonds is 7. The van der Waals surface area contributed by atoms with E-state index in [4.69, 9.17) is 4.74 Å². The highest BCUT2D eigenvalue weighted by atomic mass is 19.4. The van der Waals surface area contributed by atoms with Crippen molar-refractivity contribution in [2.24, 2.45) is 0 Å². The van der Waals surface area contributed by atoms with E-state index in [1.54, 1.807) is 32.9 Å². The summed E-state index contributed by atoms with van der Waals surface area (Å²) in [5.41, 5.74) is -1.90. The van der Waals surface area contributed by atoms with Crippen LogP contribution in [0.15, 0.2) is 36.4 Å². The Balaban J connectivity index is 1.95. The Kier molecular flexibility index (Phi) is 6.30. The van der Waals surface area contributed by atoms with Crippen molar-refractivity contribution in [2.75, 3.05) is 0 Å². The number of hydrogen-bond acceptors (Lipinski definition) is 3. The fourth-order valence-electron chi connectivity index (χ4n) is 4.18. The highest BCUT2D eigenvalue weighted by Crippen LogP contribution is 2.44. The number of aliphatic hydroxyl groups is 1. The van der Waals surface area contributed by atoms with Crippen LogP contribution in [0.4, 0.5) is 17.6 Å². The molecule has 1 aromatic carbocycles. The Morgan fingerprint density at radius 3 is 2.41 bits per heavy atom. The molecule has 2 aromatic heterocycles. The number of aromatic nitrogens is 2. The minimum absolute atomic E-state index is 0.0952. The largest absolute Gasteiger partial charge is 0.475 e. The molecule has 1 unspecified atom stereocenters. The number of nitrogens with zero attached hydrogens (tertiary/aromatic N) is 1. The van der Waals surface area contributed by atoms with Crippen molar-refractivity contribution in [2.45, 2.75) is 70.8 Å². The van der Waals surface area contributed by atoms with E-state index < -0.39 is 35.9 Å². The van der Waals surface area contributed by atoms with Crippen molar-refractivity contribution in [1.82, 2.24) is 9.97 Å². The predicted molar refractivity (Wildman–Crippen MR) is 115 cm³/mol. The maximum Gasteiger partial charge on any atom is 0.417 e. The molecule has 0 radical (unpaired) electrons. The van der Waals surface area contributed by atoms with Crippen LogP contribution in [0.2, 0.25) is 0 Å². The summed E-state index contributed by atoms with van der Waals surface area (Å²) in [6.45, 7) is 8.56. The van der Waals surface area contributed by atoms with Gasteiger partial charge in [0.1, 0.15) is 5.82 Å². The summed E-state index contributed by atoms with van der Waals surface area (Å²) in [6, 6.07) is 8.82. The van der Waals surface area contributed by atoms with Crippen LogP contribution < -0.4 is 4.74 Å². The van der Waals surface area contributed by atoms with Gasteiger partial charge in [-0.15, -0.1) is 0 Å². The molecule has 8 heteroatoms. The van der Waals surface area contributed by atoms with Crippen LogP contribution in [-0.4, -0.2) is 33.0 Å². The third kappa shape index (κ3) is 5.06. The van der Waals surface area contributed by atoms with Crippen molar-refractivity contribution >= 4 is 11.0 Å². The molecule has 3 aromatic rings. The van der Waals surface area contributed by atoms with E-state index in [1.807, 2.05) is 13.8 Å². The maximum absolute atomic E-state index is 14.1. The zero-order chi connectivity index (χ0) is 23.9. The van der Waals surface area contributed by atoms with E-state index in [1.165, 1.54) is 24.3 Å². The summed E-state index contributed by atoms with van der Waals surface area (Å²) < 4.78 is 61.7. The van der Waals surface area contributed by atoms with Gasteiger partial charge in [-0.2, -0.15) is 13.2 Å². The van der Waals surface area contributed by atoms with E-state index in [0.717, 1.165) is 0 Å². The number of ether oxygens (including phenoxy) is 1. The summed E-state index contributed by atoms with van der Waals surface area (Å²) in [7, 11) is 0. The van der Waals surface area contributed by atoms with Gasteiger partial charge in [0.15, 0.2) is 5.60 Å². The molecule has 0 aliphatic rings. The number of aromatic amines is 1. The molecule has 0 amide bonds. The number of nitrogens with one attached hydrogen (secondary N) is 1. The van der Waals surface area contributed by atoms with Crippen LogP contribution in [0, 0.1) is 12.7 Å². The Bertz CT molecular complexity index is 1110. The smallest absolute Gasteiger partial charge is 0.417 e. The zero-order valence-corrected chi connectivity index (χ0v) is 18.8. The first-order valence-electron chi connectivity index (χ1n) is 10.4. The Labute approximate surface area is 184 Å². The summed E-state index contributed by atoms with van der Waals surface area (Å²) in [6.07, 6.45) is -6.33. The van der Waals surface area contributed by atoms with Crippen molar-refractivity contribution in [3.63, 3.8) is 0 Å². The molecule has 1 atom stereocenters. The lowest BCUT2D eigenvalue weighted by molar-refractivity contribution is -0.266. The number of H-pyrrole nitrogens is 1. The Morgan fingerprint density at radius 1 is 1.09 bits per heavy atom. The molecule has 2 N–H and O–H groups in total. The van der Waals surface area contributed by atoms with Gasteiger partial charge in [-0.05, 0) is 68.0 Å². The molecule has 3 rings (SSSR count). The van der Waals surface area contributed by atoms with Crippen molar-refractivity contribution in [1.29, 1.82) is 0 Å². The number of hydrogen-bond donors (Lipinski definition) is 2.